The number of nitrogens with zero attached hydrogens (tertiary/aromatic N) is 1. The number of nitriles is 1. The molecule has 12 heavy (non-hydrogen) atoms. The van der Waals surface area contributed by atoms with E-state index in [0.29, 0.717) is 0 Å². The molecule has 1 nitrogen and oxygen atoms in total. The molecule has 1 aromatic carbocycles. The van der Waals surface area contributed by atoms with Crippen LogP contribution >= 0.6 is 23.4 Å². The van der Waals surface area contributed by atoms with Crippen molar-refractivity contribution in [2.75, 3.05) is 0 Å². The van der Waals surface area contributed by atoms with E-state index in [0.717, 1.165) is 9.92 Å². The Morgan fingerprint density at radius 2 is 2.00 bits per heavy atom. The Hall–Kier alpha value is -0.650. The molecule has 0 aliphatic heterocycles. The fraction of sp³-hybridized carbons (Fsp3) is 0.222. The Balaban J connectivity index is 2.66. The van der Waals surface area contributed by atoms with Crippen LogP contribution < -0.4 is 0 Å². The van der Waals surface area contributed by atoms with Gasteiger partial charge >= 0.3 is 0 Å². The van der Waals surface area contributed by atoms with Gasteiger partial charge < -0.3 is 0 Å². The van der Waals surface area contributed by atoms with Gasteiger partial charge in [-0.05, 0) is 31.2 Å². The molecule has 0 unspecified atom stereocenters. The second-order valence-corrected chi connectivity index (χ2v) is 4.19. The lowest BCUT2D eigenvalue weighted by Gasteiger charge is -2.01. The maximum absolute atomic E-state index is 8.55. The molecule has 0 N–H and O–H groups in total. The summed E-state index contributed by atoms with van der Waals surface area (Å²) in [6.07, 6.45) is 0. The van der Waals surface area contributed by atoms with Crippen molar-refractivity contribution in [1.29, 1.82) is 5.26 Å². The van der Waals surface area contributed by atoms with Crippen LogP contribution in [0.3, 0.4) is 0 Å². The summed E-state index contributed by atoms with van der Waals surface area (Å²) in [6, 6.07) is 9.65. The Labute approximate surface area is 81.3 Å². The van der Waals surface area contributed by atoms with Crippen molar-refractivity contribution in [1.82, 2.24) is 0 Å². The molecule has 1 atom stereocenters. The highest BCUT2D eigenvalue weighted by molar-refractivity contribution is 8.00. The van der Waals surface area contributed by atoms with Crippen molar-refractivity contribution in [3.63, 3.8) is 0 Å². The summed E-state index contributed by atoms with van der Waals surface area (Å²) in [5.74, 6) is 0. The number of hydrogen-bond acceptors (Lipinski definition) is 2. The molecule has 0 aliphatic carbocycles. The topological polar surface area (TPSA) is 23.8 Å². The van der Waals surface area contributed by atoms with E-state index < -0.39 is 0 Å². The van der Waals surface area contributed by atoms with Gasteiger partial charge in [0, 0.05) is 9.92 Å². The van der Waals surface area contributed by atoms with Crippen LogP contribution in [0.15, 0.2) is 29.2 Å². The first-order valence-electron chi connectivity index (χ1n) is 3.54. The van der Waals surface area contributed by atoms with Crippen molar-refractivity contribution < 1.29 is 0 Å². The van der Waals surface area contributed by atoms with Gasteiger partial charge in [-0.2, -0.15) is 5.26 Å². The van der Waals surface area contributed by atoms with Crippen molar-refractivity contribution in [2.24, 2.45) is 0 Å². The van der Waals surface area contributed by atoms with E-state index in [-0.39, 0.29) is 5.25 Å². The van der Waals surface area contributed by atoms with Gasteiger partial charge in [0.1, 0.15) is 0 Å². The van der Waals surface area contributed by atoms with Crippen LogP contribution in [0.2, 0.25) is 5.02 Å². The maximum atomic E-state index is 8.55. The quantitative estimate of drug-likeness (QED) is 0.679. The minimum atomic E-state index is -0.00817. The number of thioether (sulfide) groups is 1. The fourth-order valence-corrected chi connectivity index (χ4v) is 1.62. The lowest BCUT2D eigenvalue weighted by Crippen LogP contribution is -1.88. The summed E-state index contributed by atoms with van der Waals surface area (Å²) in [5.41, 5.74) is 0. The standard InChI is InChI=1S/C9H8ClNS/c1-7(6-11)12-9-4-2-8(10)3-5-9/h2-5,7H,1H3/t7-/m0/s1. The van der Waals surface area contributed by atoms with E-state index in [1.54, 1.807) is 0 Å². The largest absolute Gasteiger partial charge is 0.197 e. The molecule has 0 saturated heterocycles. The van der Waals surface area contributed by atoms with Crippen LogP contribution in [0.25, 0.3) is 0 Å². The number of halogens is 1. The van der Waals surface area contributed by atoms with Gasteiger partial charge in [-0.15, -0.1) is 11.8 Å². The van der Waals surface area contributed by atoms with E-state index in [2.05, 4.69) is 6.07 Å². The van der Waals surface area contributed by atoms with E-state index >= 15 is 0 Å². The molecule has 1 aromatic rings. The minimum absolute atomic E-state index is 0.00817. The van der Waals surface area contributed by atoms with Crippen LogP contribution in [0.4, 0.5) is 0 Å². The molecule has 0 amide bonds. The van der Waals surface area contributed by atoms with Gasteiger partial charge in [-0.3, -0.25) is 0 Å². The summed E-state index contributed by atoms with van der Waals surface area (Å²) in [4.78, 5) is 1.08. The second kappa shape index (κ2) is 4.39. The minimum Gasteiger partial charge on any atom is -0.197 e. The maximum Gasteiger partial charge on any atom is 0.0935 e. The first kappa shape index (κ1) is 9.44. The van der Waals surface area contributed by atoms with Crippen LogP contribution in [-0.4, -0.2) is 5.25 Å². The van der Waals surface area contributed by atoms with Crippen molar-refractivity contribution in [2.45, 2.75) is 17.1 Å². The zero-order valence-electron chi connectivity index (χ0n) is 6.62. The van der Waals surface area contributed by atoms with Gasteiger partial charge in [0.25, 0.3) is 0 Å². The highest BCUT2D eigenvalue weighted by Gasteiger charge is 2.00. The summed E-state index contributed by atoms with van der Waals surface area (Å²) < 4.78 is 0. The van der Waals surface area contributed by atoms with Crippen molar-refractivity contribution in [3.05, 3.63) is 29.3 Å². The number of hydrogen-bond donors (Lipinski definition) is 0. The summed E-state index contributed by atoms with van der Waals surface area (Å²) >= 11 is 7.24. The predicted octanol–water partition coefficient (Wildman–Crippen LogP) is 3.34. The van der Waals surface area contributed by atoms with Gasteiger partial charge in [0.15, 0.2) is 0 Å². The second-order valence-electron chi connectivity index (χ2n) is 2.34. The highest BCUT2D eigenvalue weighted by atomic mass is 35.5. The Bertz CT molecular complexity index is 288. The van der Waals surface area contributed by atoms with Crippen LogP contribution in [-0.2, 0) is 0 Å². The third-order valence-electron chi connectivity index (χ3n) is 1.31. The van der Waals surface area contributed by atoms with Gasteiger partial charge in [0.05, 0.1) is 11.3 Å². The van der Waals surface area contributed by atoms with Crippen LogP contribution in [0.5, 0.6) is 0 Å². The monoisotopic (exact) mass is 197 g/mol. The van der Waals surface area contributed by atoms with Crippen LogP contribution in [0.1, 0.15) is 6.92 Å². The Kier molecular flexibility index (Phi) is 3.46. The molecule has 0 saturated carbocycles. The van der Waals surface area contributed by atoms with Gasteiger partial charge in [0.2, 0.25) is 0 Å². The third kappa shape index (κ3) is 2.77. The number of rotatable bonds is 2. The van der Waals surface area contributed by atoms with Gasteiger partial charge in [-0.25, -0.2) is 0 Å². The molecule has 62 valence electrons. The normalized spacial score (nSPS) is 12.1. The first-order valence-corrected chi connectivity index (χ1v) is 4.80. The van der Waals surface area contributed by atoms with Crippen molar-refractivity contribution >= 4 is 23.4 Å². The molecule has 0 bridgehead atoms. The van der Waals surface area contributed by atoms with E-state index in [1.165, 1.54) is 11.8 Å². The molecule has 3 heteroatoms. The highest BCUT2D eigenvalue weighted by Crippen LogP contribution is 2.23. The summed E-state index contributed by atoms with van der Waals surface area (Å²) in [6.45, 7) is 1.87. The molecule has 0 radical (unpaired) electrons. The smallest absolute Gasteiger partial charge is 0.0935 e. The molecular formula is C9H8ClNS. The average Bonchev–Trinajstić information content (AvgIpc) is 2.09. The number of benzene rings is 1. The predicted molar refractivity (Wildman–Crippen MR) is 52.4 cm³/mol. The van der Waals surface area contributed by atoms with Crippen molar-refractivity contribution in [3.8, 4) is 6.07 Å². The molecule has 0 spiro atoms. The molecule has 0 heterocycles. The first-order chi connectivity index (χ1) is 5.72. The molecule has 0 aromatic heterocycles. The average molecular weight is 198 g/mol. The Morgan fingerprint density at radius 3 is 2.50 bits per heavy atom. The SMILES string of the molecule is C[C@@H](C#N)Sc1ccc(Cl)cc1. The zero-order valence-corrected chi connectivity index (χ0v) is 8.19. The van der Waals surface area contributed by atoms with E-state index in [1.807, 2.05) is 31.2 Å². The third-order valence-corrected chi connectivity index (χ3v) is 2.56. The Morgan fingerprint density at radius 1 is 1.42 bits per heavy atom. The fourth-order valence-electron chi connectivity index (χ4n) is 0.744. The lowest BCUT2D eigenvalue weighted by molar-refractivity contribution is 1.23. The summed E-state index contributed by atoms with van der Waals surface area (Å²) in [7, 11) is 0. The summed E-state index contributed by atoms with van der Waals surface area (Å²) in [5, 5.41) is 9.27. The molecular weight excluding hydrogens is 190 g/mol. The molecule has 0 aliphatic rings. The molecule has 1 rings (SSSR count). The molecule has 0 fully saturated rings. The van der Waals surface area contributed by atoms with E-state index in [4.69, 9.17) is 16.9 Å². The van der Waals surface area contributed by atoms with Crippen LogP contribution in [0, 0.1) is 11.3 Å². The van der Waals surface area contributed by atoms with Gasteiger partial charge in [-0.1, -0.05) is 11.6 Å². The van der Waals surface area contributed by atoms with E-state index in [9.17, 15) is 0 Å². The zero-order chi connectivity index (χ0) is 8.97. The lowest BCUT2D eigenvalue weighted by atomic mass is 10.4.